The highest BCUT2D eigenvalue weighted by atomic mass is 35.5. The van der Waals surface area contributed by atoms with Gasteiger partial charge in [-0.1, -0.05) is 63.6 Å². The Morgan fingerprint density at radius 1 is 0.981 bits per heavy atom. The van der Waals surface area contributed by atoms with Crippen LogP contribution in [-0.4, -0.2) is 73.0 Å². The Hall–Kier alpha value is -4.84. The average molecular weight is 739 g/mol. The van der Waals surface area contributed by atoms with Gasteiger partial charge in [-0.25, -0.2) is 4.39 Å². The van der Waals surface area contributed by atoms with E-state index in [9.17, 15) is 23.6 Å². The summed E-state index contributed by atoms with van der Waals surface area (Å²) in [7, 11) is 1.69. The van der Waals surface area contributed by atoms with Crippen LogP contribution in [0, 0.1) is 17.7 Å². The van der Waals surface area contributed by atoms with Crippen LogP contribution in [0.2, 0.25) is 5.02 Å². The third-order valence-corrected chi connectivity index (χ3v) is 8.61. The van der Waals surface area contributed by atoms with Crippen LogP contribution in [0.15, 0.2) is 66.7 Å². The van der Waals surface area contributed by atoms with E-state index < -0.39 is 48.1 Å². The summed E-state index contributed by atoms with van der Waals surface area (Å²) in [6.45, 7) is 9.55. The number of hydrogen-bond donors (Lipinski definition) is 3. The Bertz CT molecular complexity index is 1720. The van der Waals surface area contributed by atoms with E-state index in [2.05, 4.69) is 16.0 Å². The number of fused-ring (bicyclic) bond motifs is 1. The second-order valence-electron chi connectivity index (χ2n) is 13.9. The highest BCUT2D eigenvalue weighted by molar-refractivity contribution is 6.30. The molecule has 4 amide bonds. The largest absolute Gasteiger partial charge is 0.491 e. The molecule has 3 aromatic carbocycles. The van der Waals surface area contributed by atoms with Gasteiger partial charge in [0.15, 0.2) is 17.3 Å². The number of halogens is 2. The molecule has 3 aromatic rings. The third kappa shape index (κ3) is 11.3. The van der Waals surface area contributed by atoms with Crippen molar-refractivity contribution in [2.75, 3.05) is 20.3 Å². The maximum absolute atomic E-state index is 14.9. The normalized spacial score (nSPS) is 19.2. The summed E-state index contributed by atoms with van der Waals surface area (Å²) in [4.78, 5) is 56.4. The summed E-state index contributed by atoms with van der Waals surface area (Å²) in [6, 6.07) is 14.2. The van der Waals surface area contributed by atoms with Gasteiger partial charge in [-0.2, -0.15) is 0 Å². The maximum atomic E-state index is 14.9. The fourth-order valence-electron chi connectivity index (χ4n) is 5.81. The first-order valence-electron chi connectivity index (χ1n) is 17.5. The molecule has 1 aliphatic heterocycles. The first-order chi connectivity index (χ1) is 24.7. The molecule has 0 aliphatic carbocycles. The summed E-state index contributed by atoms with van der Waals surface area (Å²) in [5, 5.41) is 8.70. The number of hydrogen-bond acceptors (Lipinski definition) is 7. The molecule has 0 saturated heterocycles. The molecule has 0 bridgehead atoms. The van der Waals surface area contributed by atoms with E-state index in [-0.39, 0.29) is 59.8 Å². The minimum atomic E-state index is -1.35. The molecule has 0 fully saturated rings. The number of likely N-dealkylation sites (N-methyl/N-ethyl adjacent to an activating group) is 1. The molecule has 13 heteroatoms. The zero-order chi connectivity index (χ0) is 37.9. The quantitative estimate of drug-likeness (QED) is 0.215. The van der Waals surface area contributed by atoms with Gasteiger partial charge in [-0.3, -0.25) is 19.2 Å². The number of carbonyl (C=O) groups excluding carboxylic acids is 4. The molecule has 0 spiro atoms. The third-order valence-electron chi connectivity index (χ3n) is 8.37. The Morgan fingerprint density at radius 2 is 1.69 bits per heavy atom. The smallest absolute Gasteiger partial charge is 0.255 e. The van der Waals surface area contributed by atoms with Gasteiger partial charge in [0.1, 0.15) is 36.8 Å². The van der Waals surface area contributed by atoms with Crippen LogP contribution in [0.3, 0.4) is 0 Å². The van der Waals surface area contributed by atoms with Gasteiger partial charge in [0.25, 0.3) is 5.91 Å². The lowest BCUT2D eigenvalue weighted by Gasteiger charge is -2.33. The number of rotatable bonds is 11. The standard InChI is InChI=1S/C39H48ClFN4O7/c1-23(2)17-27-22-50-33-15-8-7-13-29(33)37(47)44-31(20-35(46)43-32(18-24(3)4)39(49)45(27)6)38(48)42-25(5)21-51-36-30(41)14-10-16-34(36)52-28-12-9-11-26(40)19-28/h7-16,19,23-25,27,31-32H,17-18,20-22H2,1-6H3,(H,42,48)(H,43,46)(H,44,47)/t25-,27-,31+,32-/m1/s1. The van der Waals surface area contributed by atoms with E-state index >= 15 is 0 Å². The van der Waals surface area contributed by atoms with E-state index in [1.807, 2.05) is 27.7 Å². The minimum absolute atomic E-state index is 0.0683. The number of para-hydroxylation sites is 2. The van der Waals surface area contributed by atoms with E-state index in [4.69, 9.17) is 25.8 Å². The number of benzene rings is 3. The molecule has 1 aliphatic rings. The summed E-state index contributed by atoms with van der Waals surface area (Å²) >= 11 is 6.07. The van der Waals surface area contributed by atoms with Crippen LogP contribution in [0.25, 0.3) is 0 Å². The lowest BCUT2D eigenvalue weighted by molar-refractivity contribution is -0.138. The average Bonchev–Trinajstić information content (AvgIpc) is 3.08. The van der Waals surface area contributed by atoms with Crippen molar-refractivity contribution < 1.29 is 37.8 Å². The molecule has 0 saturated carbocycles. The summed E-state index contributed by atoms with van der Waals surface area (Å²) in [5.41, 5.74) is 0.163. The van der Waals surface area contributed by atoms with Crippen molar-refractivity contribution >= 4 is 35.2 Å². The summed E-state index contributed by atoms with van der Waals surface area (Å²) < 4.78 is 32.7. The Balaban J connectivity index is 1.55. The van der Waals surface area contributed by atoms with Gasteiger partial charge in [-0.15, -0.1) is 0 Å². The fourth-order valence-corrected chi connectivity index (χ4v) is 5.99. The Kier molecular flexibility index (Phi) is 14.3. The minimum Gasteiger partial charge on any atom is -0.491 e. The van der Waals surface area contributed by atoms with Crippen molar-refractivity contribution in [3.8, 4) is 23.0 Å². The Labute approximate surface area is 309 Å². The van der Waals surface area contributed by atoms with Crippen LogP contribution in [0.1, 0.15) is 64.2 Å². The van der Waals surface area contributed by atoms with Crippen molar-refractivity contribution in [3.05, 3.63) is 83.1 Å². The lowest BCUT2D eigenvalue weighted by atomic mass is 9.99. The Morgan fingerprint density at radius 3 is 2.40 bits per heavy atom. The van der Waals surface area contributed by atoms with Crippen LogP contribution < -0.4 is 30.2 Å². The predicted octanol–water partition coefficient (Wildman–Crippen LogP) is 6.14. The van der Waals surface area contributed by atoms with E-state index in [1.165, 1.54) is 18.2 Å². The van der Waals surface area contributed by atoms with E-state index in [1.54, 1.807) is 67.4 Å². The molecule has 4 rings (SSSR count). The molecule has 0 aromatic heterocycles. The lowest BCUT2D eigenvalue weighted by Crippen LogP contribution is -2.55. The summed E-state index contributed by atoms with van der Waals surface area (Å²) in [6.07, 6.45) is 0.542. The zero-order valence-electron chi connectivity index (χ0n) is 30.4. The predicted molar refractivity (Wildman–Crippen MR) is 196 cm³/mol. The van der Waals surface area contributed by atoms with Crippen molar-refractivity contribution in [3.63, 3.8) is 0 Å². The monoisotopic (exact) mass is 738 g/mol. The number of nitrogens with one attached hydrogen (secondary N) is 3. The first-order valence-corrected chi connectivity index (χ1v) is 17.8. The van der Waals surface area contributed by atoms with Gasteiger partial charge in [0, 0.05) is 12.1 Å². The van der Waals surface area contributed by atoms with E-state index in [0.717, 1.165) is 0 Å². The molecular formula is C39H48ClFN4O7. The number of nitrogens with zero attached hydrogens (tertiary/aromatic N) is 1. The first kappa shape index (κ1) is 39.9. The second-order valence-corrected chi connectivity index (χ2v) is 14.3. The van der Waals surface area contributed by atoms with Crippen LogP contribution in [0.4, 0.5) is 4.39 Å². The second kappa shape index (κ2) is 18.6. The molecule has 4 atom stereocenters. The van der Waals surface area contributed by atoms with E-state index in [0.29, 0.717) is 23.6 Å². The topological polar surface area (TPSA) is 135 Å². The molecule has 11 nitrogen and oxygen atoms in total. The van der Waals surface area contributed by atoms with Crippen molar-refractivity contribution in [1.29, 1.82) is 0 Å². The van der Waals surface area contributed by atoms with Crippen LogP contribution >= 0.6 is 11.6 Å². The number of amides is 4. The molecular weight excluding hydrogens is 691 g/mol. The molecule has 0 radical (unpaired) electrons. The maximum Gasteiger partial charge on any atom is 0.255 e. The fraction of sp³-hybridized carbons (Fsp3) is 0.436. The SMILES string of the molecule is CC(C)C[C@@H]1COc2ccccc2C(=O)N[C@H](C(=O)N[C@H](C)COc2c(F)cccc2Oc2cccc(Cl)c2)CC(=O)N[C@H](CC(C)C)C(=O)N1C. The van der Waals surface area contributed by atoms with Crippen molar-refractivity contribution in [2.45, 2.75) is 78.0 Å². The molecule has 1 heterocycles. The van der Waals surface area contributed by atoms with Crippen molar-refractivity contribution in [1.82, 2.24) is 20.9 Å². The van der Waals surface area contributed by atoms with Crippen LogP contribution in [-0.2, 0) is 14.4 Å². The molecule has 3 N–H and O–H groups in total. The summed E-state index contributed by atoms with van der Waals surface area (Å²) in [5.74, 6) is -1.97. The highest BCUT2D eigenvalue weighted by Crippen LogP contribution is 2.34. The van der Waals surface area contributed by atoms with Gasteiger partial charge < -0.3 is 35.1 Å². The van der Waals surface area contributed by atoms with Gasteiger partial charge in [0.05, 0.1) is 24.1 Å². The molecule has 52 heavy (non-hydrogen) atoms. The zero-order valence-corrected chi connectivity index (χ0v) is 31.2. The van der Waals surface area contributed by atoms with Gasteiger partial charge in [-0.05, 0) is 74.1 Å². The van der Waals surface area contributed by atoms with Crippen LogP contribution in [0.5, 0.6) is 23.0 Å². The molecule has 0 unspecified atom stereocenters. The van der Waals surface area contributed by atoms with Gasteiger partial charge in [0.2, 0.25) is 17.7 Å². The van der Waals surface area contributed by atoms with Crippen molar-refractivity contribution in [2.24, 2.45) is 11.8 Å². The number of carbonyl (C=O) groups is 4. The highest BCUT2D eigenvalue weighted by Gasteiger charge is 2.33. The molecule has 280 valence electrons. The van der Waals surface area contributed by atoms with Gasteiger partial charge >= 0.3 is 0 Å². The number of ether oxygens (including phenoxy) is 3.